The van der Waals surface area contributed by atoms with Crippen LogP contribution in [0.15, 0.2) is 0 Å². The topological polar surface area (TPSA) is 64.3 Å². The van der Waals surface area contributed by atoms with Crippen LogP contribution in [0.2, 0.25) is 0 Å². The number of hydrogen-bond acceptors (Lipinski definition) is 3. The van der Waals surface area contributed by atoms with E-state index < -0.39 is 11.0 Å². The molecule has 0 saturated carbocycles. The lowest BCUT2D eigenvalue weighted by molar-refractivity contribution is -0.133. The molecule has 4 nitrogen and oxygen atoms in total. The number of hydrogen-bond donors (Lipinski definition) is 2. The summed E-state index contributed by atoms with van der Waals surface area (Å²) in [4.78, 5) is 12.3. The third kappa shape index (κ3) is 4.58. The number of nitrogens with two attached hydrogens (primary N) is 1. The molecule has 1 unspecified atom stereocenters. The monoisotopic (exact) mass is 258 g/mol. The zero-order valence-corrected chi connectivity index (χ0v) is 13.0. The molecule has 3 N–H and O–H groups in total. The molecule has 1 amide bonds. The lowest BCUT2D eigenvalue weighted by Crippen LogP contribution is -2.58. The van der Waals surface area contributed by atoms with Gasteiger partial charge in [-0.2, -0.15) is 0 Å². The fourth-order valence-corrected chi connectivity index (χ4v) is 1.29. The van der Waals surface area contributed by atoms with Crippen LogP contribution in [-0.4, -0.2) is 30.7 Å². The smallest absolute Gasteiger partial charge is 0.227 e. The molecule has 0 fully saturated rings. The fraction of sp³-hybridized carbons (Fsp3) is 0.929. The van der Waals surface area contributed by atoms with Gasteiger partial charge in [0.2, 0.25) is 5.91 Å². The molecule has 0 aliphatic carbocycles. The standard InChI is InChI=1S/C14H30N2O2/c1-8-18-9-11(10(2)3)16-12(17)13(4,5)14(6,7)15/h10-11H,8-9,15H2,1-7H3,(H,16,17). The molecular weight excluding hydrogens is 228 g/mol. The molecule has 0 rings (SSSR count). The normalized spacial score (nSPS) is 14.7. The maximum Gasteiger partial charge on any atom is 0.227 e. The number of amides is 1. The van der Waals surface area contributed by atoms with Gasteiger partial charge < -0.3 is 15.8 Å². The van der Waals surface area contributed by atoms with Crippen molar-refractivity contribution in [3.63, 3.8) is 0 Å². The maximum atomic E-state index is 12.3. The van der Waals surface area contributed by atoms with Crippen molar-refractivity contribution in [3.05, 3.63) is 0 Å². The second-order valence-corrected chi connectivity index (χ2v) is 6.33. The highest BCUT2D eigenvalue weighted by Gasteiger charge is 2.41. The third-order valence-corrected chi connectivity index (χ3v) is 3.80. The van der Waals surface area contributed by atoms with Crippen LogP contribution in [-0.2, 0) is 9.53 Å². The number of nitrogens with one attached hydrogen (secondary N) is 1. The minimum atomic E-state index is -0.619. The predicted molar refractivity (Wildman–Crippen MR) is 75.3 cm³/mol. The van der Waals surface area contributed by atoms with E-state index in [1.54, 1.807) is 0 Å². The van der Waals surface area contributed by atoms with Crippen molar-refractivity contribution >= 4 is 5.91 Å². The summed E-state index contributed by atoms with van der Waals surface area (Å²) in [6.45, 7) is 14.8. The molecule has 0 radical (unpaired) electrons. The SMILES string of the molecule is CCOCC(NC(=O)C(C)(C)C(C)(C)N)C(C)C. The van der Waals surface area contributed by atoms with Gasteiger partial charge in [0.15, 0.2) is 0 Å². The van der Waals surface area contributed by atoms with Gasteiger partial charge in [0.25, 0.3) is 0 Å². The second-order valence-electron chi connectivity index (χ2n) is 6.33. The van der Waals surface area contributed by atoms with Gasteiger partial charge in [0, 0.05) is 12.1 Å². The van der Waals surface area contributed by atoms with Crippen LogP contribution >= 0.6 is 0 Å². The molecule has 0 aliphatic rings. The summed E-state index contributed by atoms with van der Waals surface area (Å²) in [7, 11) is 0. The first-order chi connectivity index (χ1) is 8.04. The summed E-state index contributed by atoms with van der Waals surface area (Å²) in [5.74, 6) is 0.311. The van der Waals surface area contributed by atoms with Gasteiger partial charge in [-0.15, -0.1) is 0 Å². The molecule has 18 heavy (non-hydrogen) atoms. The van der Waals surface area contributed by atoms with Gasteiger partial charge in [-0.3, -0.25) is 4.79 Å². The molecule has 0 aliphatic heterocycles. The number of rotatable bonds is 7. The van der Waals surface area contributed by atoms with E-state index >= 15 is 0 Å². The zero-order valence-electron chi connectivity index (χ0n) is 13.0. The average Bonchev–Trinajstić information content (AvgIpc) is 2.21. The average molecular weight is 258 g/mol. The summed E-state index contributed by atoms with van der Waals surface area (Å²) >= 11 is 0. The Bertz CT molecular complexity index is 267. The van der Waals surface area contributed by atoms with Gasteiger partial charge in [-0.05, 0) is 40.5 Å². The third-order valence-electron chi connectivity index (χ3n) is 3.80. The minimum absolute atomic E-state index is 0.0200. The van der Waals surface area contributed by atoms with Crippen molar-refractivity contribution in [2.75, 3.05) is 13.2 Å². The number of ether oxygens (including phenoxy) is 1. The zero-order chi connectivity index (χ0) is 14.6. The molecule has 108 valence electrons. The van der Waals surface area contributed by atoms with Crippen LogP contribution < -0.4 is 11.1 Å². The van der Waals surface area contributed by atoms with Crippen LogP contribution in [0.4, 0.5) is 0 Å². The maximum absolute atomic E-state index is 12.3. The molecule has 0 aromatic heterocycles. The summed E-state index contributed by atoms with van der Waals surface area (Å²) in [5.41, 5.74) is 4.89. The Labute approximate surface area is 112 Å². The van der Waals surface area contributed by atoms with Crippen molar-refractivity contribution in [3.8, 4) is 0 Å². The largest absolute Gasteiger partial charge is 0.380 e. The Hall–Kier alpha value is -0.610. The van der Waals surface area contributed by atoms with Crippen molar-refractivity contribution in [2.45, 2.75) is 60.0 Å². The first-order valence-electron chi connectivity index (χ1n) is 6.71. The van der Waals surface area contributed by atoms with Gasteiger partial charge in [-0.25, -0.2) is 0 Å². The van der Waals surface area contributed by atoms with E-state index in [-0.39, 0.29) is 11.9 Å². The lowest BCUT2D eigenvalue weighted by atomic mass is 9.74. The Morgan fingerprint density at radius 3 is 2.11 bits per heavy atom. The van der Waals surface area contributed by atoms with Crippen LogP contribution in [0, 0.1) is 11.3 Å². The molecule has 0 heterocycles. The summed E-state index contributed by atoms with van der Waals surface area (Å²) in [6, 6.07) is 0.0269. The second kappa shape index (κ2) is 6.53. The molecule has 0 spiro atoms. The Kier molecular flexibility index (Phi) is 6.30. The summed E-state index contributed by atoms with van der Waals surface area (Å²) < 4.78 is 5.41. The van der Waals surface area contributed by atoms with Crippen LogP contribution in [0.5, 0.6) is 0 Å². The highest BCUT2D eigenvalue weighted by atomic mass is 16.5. The van der Waals surface area contributed by atoms with Gasteiger partial charge in [-0.1, -0.05) is 13.8 Å². The van der Waals surface area contributed by atoms with Crippen LogP contribution in [0.1, 0.15) is 48.5 Å². The molecule has 0 aromatic carbocycles. The van der Waals surface area contributed by atoms with Gasteiger partial charge in [0.1, 0.15) is 0 Å². The van der Waals surface area contributed by atoms with E-state index in [9.17, 15) is 4.79 Å². The van der Waals surface area contributed by atoms with Gasteiger partial charge in [0.05, 0.1) is 18.1 Å². The minimum Gasteiger partial charge on any atom is -0.380 e. The molecule has 1 atom stereocenters. The Morgan fingerprint density at radius 1 is 1.28 bits per heavy atom. The molecular formula is C14H30N2O2. The first kappa shape index (κ1) is 17.4. The van der Waals surface area contributed by atoms with Crippen LogP contribution in [0.3, 0.4) is 0 Å². The quantitative estimate of drug-likeness (QED) is 0.733. The van der Waals surface area contributed by atoms with E-state index in [0.717, 1.165) is 0 Å². The molecule has 4 heteroatoms. The summed E-state index contributed by atoms with van der Waals surface area (Å²) in [6.07, 6.45) is 0. The first-order valence-corrected chi connectivity index (χ1v) is 6.71. The van der Waals surface area contributed by atoms with E-state index in [1.807, 2.05) is 34.6 Å². The number of carbonyl (C=O) groups is 1. The van der Waals surface area contributed by atoms with Crippen molar-refractivity contribution in [1.29, 1.82) is 0 Å². The highest BCUT2D eigenvalue weighted by Crippen LogP contribution is 2.28. The van der Waals surface area contributed by atoms with E-state index in [1.165, 1.54) is 0 Å². The molecule has 0 aromatic rings. The summed E-state index contributed by atoms with van der Waals surface area (Å²) in [5, 5.41) is 3.05. The molecule has 0 saturated heterocycles. The Balaban J connectivity index is 4.69. The fourth-order valence-electron chi connectivity index (χ4n) is 1.29. The van der Waals surface area contributed by atoms with E-state index in [2.05, 4.69) is 19.2 Å². The van der Waals surface area contributed by atoms with Crippen molar-refractivity contribution in [1.82, 2.24) is 5.32 Å². The van der Waals surface area contributed by atoms with E-state index in [0.29, 0.717) is 19.1 Å². The Morgan fingerprint density at radius 2 is 1.78 bits per heavy atom. The number of carbonyl (C=O) groups excluding carboxylic acids is 1. The lowest BCUT2D eigenvalue weighted by Gasteiger charge is -2.38. The predicted octanol–water partition coefficient (Wildman–Crippen LogP) is 1.93. The highest BCUT2D eigenvalue weighted by molar-refractivity contribution is 5.83. The van der Waals surface area contributed by atoms with E-state index in [4.69, 9.17) is 10.5 Å². The van der Waals surface area contributed by atoms with Crippen molar-refractivity contribution < 1.29 is 9.53 Å². The van der Waals surface area contributed by atoms with Gasteiger partial charge >= 0.3 is 0 Å². The van der Waals surface area contributed by atoms with Crippen molar-refractivity contribution in [2.24, 2.45) is 17.1 Å². The molecule has 0 bridgehead atoms. The van der Waals surface area contributed by atoms with Crippen LogP contribution in [0.25, 0.3) is 0 Å².